The molecular weight excluding hydrogens is 248 g/mol. The molecule has 110 valence electrons. The fourth-order valence-corrected chi connectivity index (χ4v) is 1.79. The highest BCUT2D eigenvalue weighted by Crippen LogP contribution is 2.12. The highest BCUT2D eigenvalue weighted by molar-refractivity contribution is 5.26. The lowest BCUT2D eigenvalue weighted by Gasteiger charge is -2.04. The van der Waals surface area contributed by atoms with Crippen molar-refractivity contribution in [3.05, 3.63) is 53.1 Å². The molecule has 1 aromatic rings. The molecule has 2 nitrogen and oxygen atoms in total. The lowest BCUT2D eigenvalue weighted by atomic mass is 10.1. The maximum Gasteiger partial charge on any atom is 0.118 e. The summed E-state index contributed by atoms with van der Waals surface area (Å²) in [6, 6.07) is 7.98. The number of rotatable bonds is 8. The predicted octanol–water partition coefficient (Wildman–Crippen LogP) is 4.90. The first kappa shape index (κ1) is 16.5. The van der Waals surface area contributed by atoms with Gasteiger partial charge in [0.15, 0.2) is 0 Å². The van der Waals surface area contributed by atoms with Gasteiger partial charge in [0, 0.05) is 0 Å². The molecule has 0 atom stereocenters. The molecular formula is C18H26O2. The van der Waals surface area contributed by atoms with Crippen LogP contribution in [0.1, 0.15) is 39.2 Å². The predicted molar refractivity (Wildman–Crippen MR) is 85.1 cm³/mol. The second kappa shape index (κ2) is 9.38. The van der Waals surface area contributed by atoms with Crippen LogP contribution >= 0.6 is 0 Å². The van der Waals surface area contributed by atoms with Crippen molar-refractivity contribution in [2.75, 3.05) is 13.7 Å². The number of ether oxygens (including phenoxy) is 2. The maximum absolute atomic E-state index is 5.66. The van der Waals surface area contributed by atoms with E-state index >= 15 is 0 Å². The Morgan fingerprint density at radius 3 is 2.35 bits per heavy atom. The van der Waals surface area contributed by atoms with E-state index in [1.54, 1.807) is 7.11 Å². The van der Waals surface area contributed by atoms with Crippen LogP contribution in [0.3, 0.4) is 0 Å². The van der Waals surface area contributed by atoms with Gasteiger partial charge in [-0.05, 0) is 51.3 Å². The van der Waals surface area contributed by atoms with Crippen LogP contribution in [0.25, 0.3) is 0 Å². The Balaban J connectivity index is 2.24. The van der Waals surface area contributed by atoms with Crippen molar-refractivity contribution in [3.63, 3.8) is 0 Å². The molecule has 0 saturated heterocycles. The summed E-state index contributed by atoms with van der Waals surface area (Å²) in [5.74, 6) is 0.878. The third-order valence-electron chi connectivity index (χ3n) is 3.07. The molecule has 0 radical (unpaired) electrons. The van der Waals surface area contributed by atoms with Crippen molar-refractivity contribution in [3.8, 4) is 5.75 Å². The van der Waals surface area contributed by atoms with E-state index < -0.39 is 0 Å². The van der Waals surface area contributed by atoms with Gasteiger partial charge in [-0.25, -0.2) is 0 Å². The molecule has 20 heavy (non-hydrogen) atoms. The van der Waals surface area contributed by atoms with E-state index in [4.69, 9.17) is 9.47 Å². The molecule has 0 unspecified atom stereocenters. The molecule has 1 aromatic carbocycles. The van der Waals surface area contributed by atoms with Gasteiger partial charge in [0.2, 0.25) is 0 Å². The van der Waals surface area contributed by atoms with E-state index in [-0.39, 0.29) is 0 Å². The Morgan fingerprint density at radius 2 is 1.75 bits per heavy atom. The molecule has 0 heterocycles. The molecule has 0 aromatic heterocycles. The highest BCUT2D eigenvalue weighted by atomic mass is 16.5. The Morgan fingerprint density at radius 1 is 1.05 bits per heavy atom. The third kappa shape index (κ3) is 7.15. The van der Waals surface area contributed by atoms with Crippen LogP contribution < -0.4 is 4.74 Å². The minimum atomic E-state index is 0.641. The van der Waals surface area contributed by atoms with E-state index in [9.17, 15) is 0 Å². The summed E-state index contributed by atoms with van der Waals surface area (Å²) in [4.78, 5) is 0. The second-order valence-corrected chi connectivity index (χ2v) is 5.23. The molecule has 0 N–H and O–H groups in total. The Kier molecular flexibility index (Phi) is 7.74. The van der Waals surface area contributed by atoms with Crippen LogP contribution in [0.4, 0.5) is 0 Å². The normalized spacial score (nSPS) is 11.3. The molecule has 1 rings (SSSR count). The molecule has 0 aliphatic heterocycles. The summed E-state index contributed by atoms with van der Waals surface area (Å²) in [6.07, 6.45) is 6.66. The monoisotopic (exact) mass is 274 g/mol. The topological polar surface area (TPSA) is 18.5 Å². The molecule has 0 spiro atoms. The summed E-state index contributed by atoms with van der Waals surface area (Å²) in [7, 11) is 1.67. The lowest BCUT2D eigenvalue weighted by Crippen LogP contribution is -1.94. The maximum atomic E-state index is 5.66. The van der Waals surface area contributed by atoms with E-state index in [1.807, 2.05) is 24.3 Å². The van der Waals surface area contributed by atoms with Crippen molar-refractivity contribution in [1.82, 2.24) is 0 Å². The molecule has 0 fully saturated rings. The van der Waals surface area contributed by atoms with Crippen molar-refractivity contribution >= 4 is 0 Å². The average molecular weight is 274 g/mol. The van der Waals surface area contributed by atoms with Crippen LogP contribution in [0.5, 0.6) is 5.75 Å². The van der Waals surface area contributed by atoms with Crippen molar-refractivity contribution in [1.29, 1.82) is 0 Å². The number of allylic oxidation sites excluding steroid dienone is 3. The SMILES string of the molecule is COc1ccc(COCC=C(C)CCC=C(C)C)cc1. The molecule has 0 saturated carbocycles. The van der Waals surface area contributed by atoms with Crippen molar-refractivity contribution < 1.29 is 9.47 Å². The van der Waals surface area contributed by atoms with Crippen LogP contribution in [-0.2, 0) is 11.3 Å². The van der Waals surface area contributed by atoms with Crippen LogP contribution in [0.15, 0.2) is 47.6 Å². The average Bonchev–Trinajstić information content (AvgIpc) is 2.44. The summed E-state index contributed by atoms with van der Waals surface area (Å²) in [6.45, 7) is 7.75. The van der Waals surface area contributed by atoms with Gasteiger partial charge in [-0.1, -0.05) is 35.4 Å². The van der Waals surface area contributed by atoms with Crippen molar-refractivity contribution in [2.24, 2.45) is 0 Å². The number of hydrogen-bond acceptors (Lipinski definition) is 2. The standard InChI is InChI=1S/C18H26O2/c1-15(2)6-5-7-16(3)12-13-20-14-17-8-10-18(19-4)11-9-17/h6,8-12H,5,7,13-14H2,1-4H3. The van der Waals surface area contributed by atoms with Gasteiger partial charge in [0.25, 0.3) is 0 Å². The van der Waals surface area contributed by atoms with E-state index in [0.717, 1.165) is 18.6 Å². The van der Waals surface area contributed by atoms with E-state index in [2.05, 4.69) is 32.9 Å². The molecule has 2 heteroatoms. The van der Waals surface area contributed by atoms with Gasteiger partial charge in [-0.15, -0.1) is 0 Å². The van der Waals surface area contributed by atoms with Gasteiger partial charge in [-0.2, -0.15) is 0 Å². The summed E-state index contributed by atoms with van der Waals surface area (Å²) in [5, 5.41) is 0. The molecule has 0 aliphatic carbocycles. The van der Waals surface area contributed by atoms with Gasteiger partial charge < -0.3 is 9.47 Å². The van der Waals surface area contributed by atoms with Crippen LogP contribution in [0, 0.1) is 0 Å². The summed E-state index contributed by atoms with van der Waals surface area (Å²) >= 11 is 0. The lowest BCUT2D eigenvalue weighted by molar-refractivity contribution is 0.148. The first-order chi connectivity index (χ1) is 9.61. The van der Waals surface area contributed by atoms with E-state index in [0.29, 0.717) is 13.2 Å². The zero-order valence-corrected chi connectivity index (χ0v) is 13.1. The second-order valence-electron chi connectivity index (χ2n) is 5.23. The fraction of sp³-hybridized carbons (Fsp3) is 0.444. The van der Waals surface area contributed by atoms with Gasteiger partial charge in [-0.3, -0.25) is 0 Å². The molecule has 0 aliphatic rings. The van der Waals surface area contributed by atoms with Crippen LogP contribution in [0.2, 0.25) is 0 Å². The Bertz CT molecular complexity index is 437. The molecule has 0 amide bonds. The smallest absolute Gasteiger partial charge is 0.118 e. The number of benzene rings is 1. The first-order valence-corrected chi connectivity index (χ1v) is 7.11. The minimum absolute atomic E-state index is 0.641. The Hall–Kier alpha value is -1.54. The summed E-state index contributed by atoms with van der Waals surface area (Å²) in [5.41, 5.74) is 3.94. The zero-order chi connectivity index (χ0) is 14.8. The van der Waals surface area contributed by atoms with Crippen molar-refractivity contribution in [2.45, 2.75) is 40.2 Å². The minimum Gasteiger partial charge on any atom is -0.497 e. The largest absolute Gasteiger partial charge is 0.497 e. The zero-order valence-electron chi connectivity index (χ0n) is 13.1. The van der Waals surface area contributed by atoms with E-state index in [1.165, 1.54) is 16.7 Å². The summed E-state index contributed by atoms with van der Waals surface area (Å²) < 4.78 is 10.8. The number of hydrogen-bond donors (Lipinski definition) is 0. The Labute approximate surface area is 123 Å². The third-order valence-corrected chi connectivity index (χ3v) is 3.07. The van der Waals surface area contributed by atoms with Gasteiger partial charge in [0.05, 0.1) is 20.3 Å². The quantitative estimate of drug-likeness (QED) is 0.495. The molecule has 0 bridgehead atoms. The van der Waals surface area contributed by atoms with Gasteiger partial charge >= 0.3 is 0 Å². The highest BCUT2D eigenvalue weighted by Gasteiger charge is 1.94. The van der Waals surface area contributed by atoms with Gasteiger partial charge in [0.1, 0.15) is 5.75 Å². The fourth-order valence-electron chi connectivity index (χ4n) is 1.79. The first-order valence-electron chi connectivity index (χ1n) is 7.11. The number of methoxy groups -OCH3 is 1. The van der Waals surface area contributed by atoms with Crippen LogP contribution in [-0.4, -0.2) is 13.7 Å².